The van der Waals surface area contributed by atoms with E-state index in [4.69, 9.17) is 33.8 Å². The van der Waals surface area contributed by atoms with Gasteiger partial charge in [0.15, 0.2) is 0 Å². The lowest BCUT2D eigenvalue weighted by Crippen LogP contribution is -2.56. The fourth-order valence-corrected chi connectivity index (χ4v) is 6.62. The summed E-state index contributed by atoms with van der Waals surface area (Å²) in [5, 5.41) is 5.21. The average Bonchev–Trinajstić information content (AvgIpc) is 3.00. The number of nitrogens with zero attached hydrogens (tertiary/aromatic N) is 5. The van der Waals surface area contributed by atoms with Gasteiger partial charge in [-0.3, -0.25) is 19.3 Å². The van der Waals surface area contributed by atoms with E-state index in [2.05, 4.69) is 22.2 Å². The highest BCUT2D eigenvalue weighted by Crippen LogP contribution is 2.26. The summed E-state index contributed by atoms with van der Waals surface area (Å²) in [7, 11) is 3.25. The Balaban J connectivity index is 1.36. The molecule has 2 aromatic carbocycles. The van der Waals surface area contributed by atoms with Gasteiger partial charge in [0.05, 0.1) is 18.8 Å². The topological polar surface area (TPSA) is 112 Å². The summed E-state index contributed by atoms with van der Waals surface area (Å²) >= 11 is 12.3. The molecule has 2 aromatic rings. The van der Waals surface area contributed by atoms with Gasteiger partial charge in [-0.05, 0) is 49.6 Å². The molecular formula is C32H42Cl2N6O4. The highest BCUT2D eigenvalue weighted by Gasteiger charge is 2.32. The molecule has 4 rings (SSSR count). The van der Waals surface area contributed by atoms with Crippen LogP contribution in [-0.2, 0) is 14.4 Å². The number of oxime groups is 1. The number of likely N-dealkylation sites (tertiary alicyclic amines) is 1. The number of hydrogen-bond donors (Lipinski definition) is 1. The van der Waals surface area contributed by atoms with Crippen molar-refractivity contribution in [3.8, 4) is 0 Å². The van der Waals surface area contributed by atoms with E-state index in [1.54, 1.807) is 30.1 Å². The predicted octanol–water partition coefficient (Wildman–Crippen LogP) is 3.73. The quantitative estimate of drug-likeness (QED) is 0.263. The molecule has 0 saturated carbocycles. The Morgan fingerprint density at radius 2 is 1.70 bits per heavy atom. The number of amides is 3. The van der Waals surface area contributed by atoms with E-state index in [-0.39, 0.29) is 42.6 Å². The lowest BCUT2D eigenvalue weighted by Gasteiger charge is -2.42. The van der Waals surface area contributed by atoms with Gasteiger partial charge in [-0.15, -0.1) is 0 Å². The van der Waals surface area contributed by atoms with E-state index in [1.165, 1.54) is 7.11 Å². The molecule has 2 fully saturated rings. The number of benzene rings is 2. The van der Waals surface area contributed by atoms with Gasteiger partial charge in [0.1, 0.15) is 7.11 Å². The standard InChI is InChI=1S/C32H42Cl2N6O4/c1-37(32(43)24-18-25(33)20-26(34)19-24)21-29(36-44-2)28(23-6-4-3-5-7-23)10-14-38-12-8-27(9-13-38)40-17-16-39(22-31(40)42)15-11-30(35)41/h3-7,18-20,27-28H,8-17,21-22H2,1-2H3,(H2,35,41)/b36-29+. The van der Waals surface area contributed by atoms with Gasteiger partial charge in [-0.1, -0.05) is 58.7 Å². The van der Waals surface area contributed by atoms with Crippen LogP contribution >= 0.6 is 23.2 Å². The second kappa shape index (κ2) is 16.2. The summed E-state index contributed by atoms with van der Waals surface area (Å²) in [6.45, 7) is 5.22. The van der Waals surface area contributed by atoms with Crippen molar-refractivity contribution in [2.45, 2.75) is 37.6 Å². The van der Waals surface area contributed by atoms with Crippen LogP contribution in [0.15, 0.2) is 53.7 Å². The number of piperidine rings is 1. The Morgan fingerprint density at radius 3 is 2.32 bits per heavy atom. The molecule has 1 atom stereocenters. The zero-order valence-corrected chi connectivity index (χ0v) is 27.0. The summed E-state index contributed by atoms with van der Waals surface area (Å²) in [4.78, 5) is 50.6. The number of halogens is 2. The number of piperazine rings is 1. The number of rotatable bonds is 13. The SMILES string of the molecule is CO/N=C(\CN(C)C(=O)c1cc(Cl)cc(Cl)c1)C(CCN1CCC(N2CCN(CCC(N)=O)CC2=O)CC1)c1ccccc1. The maximum atomic E-state index is 13.3. The van der Waals surface area contributed by atoms with Crippen LogP contribution in [0.4, 0.5) is 0 Å². The molecule has 2 N–H and O–H groups in total. The average molecular weight is 646 g/mol. The first-order valence-corrected chi connectivity index (χ1v) is 15.8. The highest BCUT2D eigenvalue weighted by atomic mass is 35.5. The highest BCUT2D eigenvalue weighted by molar-refractivity contribution is 6.35. The van der Waals surface area contributed by atoms with Crippen LogP contribution in [0.3, 0.4) is 0 Å². The first-order chi connectivity index (χ1) is 21.1. The van der Waals surface area contributed by atoms with Crippen LogP contribution in [0.5, 0.6) is 0 Å². The van der Waals surface area contributed by atoms with Crippen molar-refractivity contribution in [3.63, 3.8) is 0 Å². The summed E-state index contributed by atoms with van der Waals surface area (Å²) in [6.07, 6.45) is 2.90. The van der Waals surface area contributed by atoms with Crippen LogP contribution in [-0.4, -0.2) is 116 Å². The largest absolute Gasteiger partial charge is 0.399 e. The maximum absolute atomic E-state index is 13.3. The molecular weight excluding hydrogens is 603 g/mol. The Morgan fingerprint density at radius 1 is 1.02 bits per heavy atom. The third-order valence-corrected chi connectivity index (χ3v) is 8.85. The summed E-state index contributed by atoms with van der Waals surface area (Å²) in [5.41, 5.74) is 7.53. The van der Waals surface area contributed by atoms with Crippen LogP contribution in [0.25, 0.3) is 0 Å². The number of carbonyl (C=O) groups excluding carboxylic acids is 3. The summed E-state index contributed by atoms with van der Waals surface area (Å²) < 4.78 is 0. The number of carbonyl (C=O) groups is 3. The number of nitrogens with two attached hydrogens (primary N) is 1. The molecule has 238 valence electrons. The van der Waals surface area contributed by atoms with E-state index in [0.29, 0.717) is 35.2 Å². The fourth-order valence-electron chi connectivity index (χ4n) is 6.09. The van der Waals surface area contributed by atoms with Crippen molar-refractivity contribution in [2.24, 2.45) is 10.9 Å². The second-order valence-electron chi connectivity index (χ2n) is 11.5. The van der Waals surface area contributed by atoms with Gasteiger partial charge in [0.25, 0.3) is 5.91 Å². The van der Waals surface area contributed by atoms with E-state index >= 15 is 0 Å². The minimum absolute atomic E-state index is 0.0675. The first-order valence-electron chi connectivity index (χ1n) is 15.0. The molecule has 12 heteroatoms. The zero-order valence-electron chi connectivity index (χ0n) is 25.5. The Labute approximate surface area is 269 Å². The van der Waals surface area contributed by atoms with E-state index < -0.39 is 0 Å². The van der Waals surface area contributed by atoms with Crippen molar-refractivity contribution < 1.29 is 19.2 Å². The monoisotopic (exact) mass is 644 g/mol. The van der Waals surface area contributed by atoms with Crippen molar-refractivity contribution in [1.29, 1.82) is 0 Å². The summed E-state index contributed by atoms with van der Waals surface area (Å²) in [5.74, 6) is -0.495. The number of primary amides is 1. The lowest BCUT2D eigenvalue weighted by molar-refractivity contribution is -0.140. The van der Waals surface area contributed by atoms with E-state index in [0.717, 1.165) is 56.7 Å². The molecule has 3 amide bonds. The van der Waals surface area contributed by atoms with Gasteiger partial charge >= 0.3 is 0 Å². The minimum Gasteiger partial charge on any atom is -0.399 e. The lowest BCUT2D eigenvalue weighted by atomic mass is 9.89. The molecule has 0 bridgehead atoms. The molecule has 2 saturated heterocycles. The maximum Gasteiger partial charge on any atom is 0.254 e. The predicted molar refractivity (Wildman–Crippen MR) is 173 cm³/mol. The minimum atomic E-state index is -0.342. The van der Waals surface area contributed by atoms with Crippen molar-refractivity contribution in [2.75, 3.05) is 66.5 Å². The Hall–Kier alpha value is -3.18. The Bertz CT molecular complexity index is 1300. The Kier molecular flexibility index (Phi) is 12.4. The molecule has 0 aromatic heterocycles. The molecule has 0 radical (unpaired) electrons. The van der Waals surface area contributed by atoms with E-state index in [1.807, 2.05) is 28.0 Å². The molecule has 0 spiro atoms. The van der Waals surface area contributed by atoms with E-state index in [9.17, 15) is 14.4 Å². The molecule has 0 aliphatic carbocycles. The summed E-state index contributed by atoms with van der Waals surface area (Å²) in [6, 6.07) is 15.2. The molecule has 2 aliphatic heterocycles. The third-order valence-electron chi connectivity index (χ3n) is 8.41. The van der Waals surface area contributed by atoms with Crippen molar-refractivity contribution in [1.82, 2.24) is 19.6 Å². The third kappa shape index (κ3) is 9.41. The smallest absolute Gasteiger partial charge is 0.254 e. The zero-order chi connectivity index (χ0) is 31.6. The van der Waals surface area contributed by atoms with Crippen LogP contribution in [0.2, 0.25) is 10.0 Å². The van der Waals surface area contributed by atoms with Crippen LogP contribution in [0, 0.1) is 0 Å². The molecule has 10 nitrogen and oxygen atoms in total. The molecule has 2 aliphatic rings. The van der Waals surface area contributed by atoms with Gasteiger partial charge in [0, 0.05) is 73.8 Å². The normalized spacial score (nSPS) is 17.9. The van der Waals surface area contributed by atoms with Gasteiger partial charge in [0.2, 0.25) is 11.8 Å². The van der Waals surface area contributed by atoms with Crippen LogP contribution < -0.4 is 5.73 Å². The second-order valence-corrected chi connectivity index (χ2v) is 12.4. The molecule has 2 heterocycles. The van der Waals surface area contributed by atoms with Gasteiger partial charge in [-0.2, -0.15) is 0 Å². The number of hydrogen-bond acceptors (Lipinski definition) is 7. The van der Waals surface area contributed by atoms with Crippen LogP contribution in [0.1, 0.15) is 47.5 Å². The van der Waals surface area contributed by atoms with Crippen molar-refractivity contribution in [3.05, 3.63) is 69.7 Å². The molecule has 1 unspecified atom stereocenters. The first kappa shape index (κ1) is 33.7. The fraction of sp³-hybridized carbons (Fsp3) is 0.500. The molecule has 44 heavy (non-hydrogen) atoms. The van der Waals surface area contributed by atoms with Gasteiger partial charge < -0.3 is 25.3 Å². The van der Waals surface area contributed by atoms with Crippen molar-refractivity contribution >= 4 is 46.6 Å². The van der Waals surface area contributed by atoms with Gasteiger partial charge in [-0.25, -0.2) is 0 Å².